The van der Waals surface area contributed by atoms with Crippen molar-refractivity contribution in [1.82, 2.24) is 9.55 Å². The Hall–Kier alpha value is -0.0900. The van der Waals surface area contributed by atoms with E-state index < -0.39 is 0 Å². The van der Waals surface area contributed by atoms with Crippen LogP contribution >= 0.6 is 23.5 Å². The molecule has 0 bridgehead atoms. The Balaban J connectivity index is 1.76. The maximum absolute atomic E-state index is 4.13. The fourth-order valence-electron chi connectivity index (χ4n) is 2.80. The fourth-order valence-corrected chi connectivity index (χ4v) is 6.29. The molecular weight excluding hydrogens is 284 g/mol. The number of aryl methyl sites for hydroxylation is 1. The minimum Gasteiger partial charge on any atom is -0.337 e. The summed E-state index contributed by atoms with van der Waals surface area (Å²) in [6.45, 7) is 3.42. The van der Waals surface area contributed by atoms with Gasteiger partial charge in [-0.15, -0.1) is 23.5 Å². The highest BCUT2D eigenvalue weighted by Crippen LogP contribution is 2.49. The van der Waals surface area contributed by atoms with Crippen LogP contribution in [-0.4, -0.2) is 25.1 Å². The van der Waals surface area contributed by atoms with Crippen LogP contribution in [0.3, 0.4) is 0 Å². The third-order valence-corrected chi connectivity index (χ3v) is 7.52. The first-order chi connectivity index (χ1) is 9.85. The Bertz CT molecular complexity index is 345. The predicted molar refractivity (Wildman–Crippen MR) is 92.5 cm³/mol. The molecule has 0 N–H and O–H groups in total. The summed E-state index contributed by atoms with van der Waals surface area (Å²) < 4.78 is 2.73. The molecule has 1 aliphatic heterocycles. The summed E-state index contributed by atoms with van der Waals surface area (Å²) in [5, 5.41) is 0. The Morgan fingerprint density at radius 2 is 1.90 bits per heavy atom. The van der Waals surface area contributed by atoms with Gasteiger partial charge in [-0.2, -0.15) is 0 Å². The second-order valence-corrected chi connectivity index (χ2v) is 8.89. The molecule has 0 aliphatic carbocycles. The first-order valence-corrected chi connectivity index (χ1v) is 10.1. The normalized spacial score (nSPS) is 18.2. The van der Waals surface area contributed by atoms with Crippen LogP contribution in [0, 0.1) is 0 Å². The van der Waals surface area contributed by atoms with Gasteiger partial charge < -0.3 is 4.57 Å². The number of hydrogen-bond acceptors (Lipinski definition) is 3. The van der Waals surface area contributed by atoms with Crippen molar-refractivity contribution in [3.63, 3.8) is 0 Å². The predicted octanol–water partition coefficient (Wildman–Crippen LogP) is 5.20. The molecule has 0 radical (unpaired) electrons. The number of rotatable bonds is 9. The zero-order chi connectivity index (χ0) is 14.1. The minimum absolute atomic E-state index is 0.520. The van der Waals surface area contributed by atoms with Crippen LogP contribution in [0.5, 0.6) is 0 Å². The third kappa shape index (κ3) is 5.36. The summed E-state index contributed by atoms with van der Waals surface area (Å²) in [6, 6.07) is 0. The molecule has 4 heteroatoms. The molecule has 0 aromatic carbocycles. The minimum atomic E-state index is 0.520. The highest BCUT2D eigenvalue weighted by atomic mass is 32.2. The molecule has 0 spiro atoms. The second-order valence-electron chi connectivity index (χ2n) is 5.68. The molecule has 114 valence electrons. The number of hydrogen-bond donors (Lipinski definition) is 0. The lowest BCUT2D eigenvalue weighted by molar-refractivity contribution is 0.530. The third-order valence-electron chi connectivity index (χ3n) is 3.96. The van der Waals surface area contributed by atoms with Crippen LogP contribution in [0.15, 0.2) is 18.7 Å². The summed E-state index contributed by atoms with van der Waals surface area (Å²) in [6.07, 6.45) is 16.9. The van der Waals surface area contributed by atoms with Crippen LogP contribution in [-0.2, 0) is 6.54 Å². The van der Waals surface area contributed by atoms with E-state index in [0.717, 1.165) is 6.54 Å². The molecule has 1 fully saturated rings. The van der Waals surface area contributed by atoms with Gasteiger partial charge in [0.25, 0.3) is 0 Å². The number of thioether (sulfide) groups is 2. The summed E-state index contributed by atoms with van der Waals surface area (Å²) >= 11 is 4.49. The van der Waals surface area contributed by atoms with Crippen molar-refractivity contribution < 1.29 is 0 Å². The Labute approximate surface area is 132 Å². The molecule has 1 aromatic heterocycles. The van der Waals surface area contributed by atoms with E-state index in [4.69, 9.17) is 0 Å². The number of aromatic nitrogens is 2. The van der Waals surface area contributed by atoms with Gasteiger partial charge in [0.15, 0.2) is 0 Å². The SMILES string of the molecule is CCCCCCC1(CCCn2ccnc2)SCCCS1. The van der Waals surface area contributed by atoms with E-state index in [9.17, 15) is 0 Å². The van der Waals surface area contributed by atoms with Crippen molar-refractivity contribution in [3.8, 4) is 0 Å². The number of unbranched alkanes of at least 4 members (excludes halogenated alkanes) is 3. The van der Waals surface area contributed by atoms with Crippen molar-refractivity contribution in [2.24, 2.45) is 0 Å². The molecule has 0 amide bonds. The average Bonchev–Trinajstić information content (AvgIpc) is 2.98. The molecule has 0 atom stereocenters. The van der Waals surface area contributed by atoms with Crippen molar-refractivity contribution in [2.45, 2.75) is 68.9 Å². The van der Waals surface area contributed by atoms with Gasteiger partial charge >= 0.3 is 0 Å². The smallest absolute Gasteiger partial charge is 0.0945 e. The zero-order valence-electron chi connectivity index (χ0n) is 12.7. The summed E-state index contributed by atoms with van der Waals surface area (Å²) in [7, 11) is 0. The molecular formula is C16H28N2S2. The lowest BCUT2D eigenvalue weighted by Gasteiger charge is -2.36. The molecule has 1 aliphatic rings. The van der Waals surface area contributed by atoms with E-state index in [-0.39, 0.29) is 0 Å². The summed E-state index contributed by atoms with van der Waals surface area (Å²) in [5.41, 5.74) is 0. The standard InChI is InChI=1S/C16H28N2S2/c1-2-3-4-5-8-16(19-13-7-14-20-16)9-6-11-18-12-10-17-15-18/h10,12,15H,2-9,11,13-14H2,1H3. The fraction of sp³-hybridized carbons (Fsp3) is 0.812. The maximum atomic E-state index is 4.13. The zero-order valence-corrected chi connectivity index (χ0v) is 14.4. The maximum Gasteiger partial charge on any atom is 0.0945 e. The van der Waals surface area contributed by atoms with Gasteiger partial charge in [-0.25, -0.2) is 4.98 Å². The first kappa shape index (κ1) is 16.3. The van der Waals surface area contributed by atoms with E-state index in [2.05, 4.69) is 46.2 Å². The van der Waals surface area contributed by atoms with Crippen LogP contribution in [0.1, 0.15) is 58.3 Å². The number of imidazole rings is 1. The van der Waals surface area contributed by atoms with Gasteiger partial charge in [-0.3, -0.25) is 0 Å². The van der Waals surface area contributed by atoms with Gasteiger partial charge in [-0.1, -0.05) is 32.6 Å². The van der Waals surface area contributed by atoms with Gasteiger partial charge in [0.2, 0.25) is 0 Å². The van der Waals surface area contributed by atoms with Crippen LogP contribution in [0.25, 0.3) is 0 Å². The quantitative estimate of drug-likeness (QED) is 0.584. The summed E-state index contributed by atoms with van der Waals surface area (Å²) in [5.74, 6) is 2.73. The lowest BCUT2D eigenvalue weighted by Crippen LogP contribution is -2.25. The van der Waals surface area contributed by atoms with E-state index in [0.29, 0.717) is 4.08 Å². The molecule has 20 heavy (non-hydrogen) atoms. The van der Waals surface area contributed by atoms with Crippen LogP contribution < -0.4 is 0 Å². The second kappa shape index (κ2) is 9.04. The molecule has 2 rings (SSSR count). The highest BCUT2D eigenvalue weighted by Gasteiger charge is 2.32. The van der Waals surface area contributed by atoms with Crippen LogP contribution in [0.4, 0.5) is 0 Å². The van der Waals surface area contributed by atoms with E-state index in [1.54, 1.807) is 0 Å². The van der Waals surface area contributed by atoms with Gasteiger partial charge in [0, 0.05) is 18.9 Å². The monoisotopic (exact) mass is 312 g/mol. The molecule has 0 saturated carbocycles. The first-order valence-electron chi connectivity index (χ1n) is 8.08. The van der Waals surface area contributed by atoms with Gasteiger partial charge in [0.1, 0.15) is 0 Å². The highest BCUT2D eigenvalue weighted by molar-refractivity contribution is 8.18. The van der Waals surface area contributed by atoms with E-state index >= 15 is 0 Å². The Morgan fingerprint density at radius 3 is 2.60 bits per heavy atom. The largest absolute Gasteiger partial charge is 0.337 e. The lowest BCUT2D eigenvalue weighted by atomic mass is 10.1. The average molecular weight is 313 g/mol. The van der Waals surface area contributed by atoms with Gasteiger partial charge in [0.05, 0.1) is 10.4 Å². The van der Waals surface area contributed by atoms with E-state index in [1.807, 2.05) is 12.5 Å². The molecule has 1 saturated heterocycles. The number of nitrogens with zero attached hydrogens (tertiary/aromatic N) is 2. The molecule has 0 unspecified atom stereocenters. The van der Waals surface area contributed by atoms with Crippen molar-refractivity contribution in [2.75, 3.05) is 11.5 Å². The molecule has 2 heterocycles. The Kier molecular flexibility index (Phi) is 7.36. The topological polar surface area (TPSA) is 17.8 Å². The summed E-state index contributed by atoms with van der Waals surface area (Å²) in [4.78, 5) is 4.13. The van der Waals surface area contributed by atoms with Crippen molar-refractivity contribution in [1.29, 1.82) is 0 Å². The van der Waals surface area contributed by atoms with E-state index in [1.165, 1.54) is 62.9 Å². The molecule has 1 aromatic rings. The Morgan fingerprint density at radius 1 is 1.10 bits per heavy atom. The molecule has 2 nitrogen and oxygen atoms in total. The van der Waals surface area contributed by atoms with Crippen molar-refractivity contribution in [3.05, 3.63) is 18.7 Å². The van der Waals surface area contributed by atoms with Crippen molar-refractivity contribution >= 4 is 23.5 Å². The van der Waals surface area contributed by atoms with Crippen LogP contribution in [0.2, 0.25) is 0 Å². The van der Waals surface area contributed by atoms with Gasteiger partial charge in [-0.05, 0) is 37.2 Å².